The number of hydrogen-bond acceptors (Lipinski definition) is 34. The van der Waals surface area contributed by atoms with Crippen LogP contribution in [0.3, 0.4) is 0 Å². The lowest BCUT2D eigenvalue weighted by molar-refractivity contribution is 0.00802. The van der Waals surface area contributed by atoms with E-state index in [4.69, 9.17) is 125 Å². The smallest absolute Gasteiger partial charge is 0.343 e. The first-order valence-corrected chi connectivity index (χ1v) is 42.1. The van der Waals surface area contributed by atoms with Crippen LogP contribution in [0.2, 0.25) is 0 Å². The number of likely N-dealkylation sites (N-methyl/N-ethyl adjacent to an activating group) is 4. The minimum atomic E-state index is -0.643. The number of cyclic esters (lactones) is 4. The summed E-state index contributed by atoms with van der Waals surface area (Å²) < 4.78 is 137. The van der Waals surface area contributed by atoms with E-state index in [9.17, 15) is 29.2 Å². The lowest BCUT2D eigenvalue weighted by atomic mass is 9.83. The largest absolute Gasteiger partial charge is 0.493 e. The van der Waals surface area contributed by atoms with Crippen LogP contribution in [-0.4, -0.2) is 217 Å². The van der Waals surface area contributed by atoms with Crippen LogP contribution < -0.4 is 94.7 Å². The number of carbonyl (C=O) groups excluding carboxylic acids is 5. The van der Waals surface area contributed by atoms with E-state index in [2.05, 4.69) is 48.3 Å². The van der Waals surface area contributed by atoms with Crippen molar-refractivity contribution in [2.45, 2.75) is 80.1 Å². The molecule has 0 aliphatic carbocycles. The molecule has 0 fully saturated rings. The van der Waals surface area contributed by atoms with Crippen LogP contribution in [0, 0.1) is 14.9 Å². The number of hydrogen-bond donors (Lipinski definition) is 0. The second-order valence-electron chi connectivity index (χ2n) is 31.0. The van der Waals surface area contributed by atoms with Crippen molar-refractivity contribution in [1.29, 1.82) is 5.26 Å². The molecule has 0 amide bonds. The van der Waals surface area contributed by atoms with E-state index < -0.39 is 60.4 Å². The van der Waals surface area contributed by atoms with Crippen LogP contribution in [0.1, 0.15) is 178 Å². The highest BCUT2D eigenvalue weighted by Gasteiger charge is 2.54. The van der Waals surface area contributed by atoms with Gasteiger partial charge in [-0.3, -0.25) is 24.4 Å². The first-order chi connectivity index (χ1) is 61.7. The minimum absolute atomic E-state index is 0.00811. The molecule has 34 nitrogen and oxygen atoms in total. The fourth-order valence-corrected chi connectivity index (χ4v) is 21.0. The lowest BCUT2D eigenvalue weighted by Crippen LogP contribution is -2.37. The molecule has 8 aromatic rings. The molecule has 12 heterocycles. The Morgan fingerprint density at radius 1 is 0.370 bits per heavy atom. The second-order valence-corrected chi connectivity index (χ2v) is 32.3. The number of carbonyl (C=O) groups is 5. The molecule has 0 radical (unpaired) electrons. The number of nitriles is 1. The molecule has 20 rings (SSSR count). The van der Waals surface area contributed by atoms with Crippen LogP contribution in [0.15, 0.2) is 48.5 Å². The van der Waals surface area contributed by atoms with Gasteiger partial charge in [0, 0.05) is 76.3 Å². The lowest BCUT2D eigenvalue weighted by Gasteiger charge is -2.39. The van der Waals surface area contributed by atoms with E-state index in [0.717, 1.165) is 103 Å². The van der Waals surface area contributed by atoms with Gasteiger partial charge in [0.05, 0.1) is 124 Å². The molecular weight excluding hydrogens is 1790 g/mol. The summed E-state index contributed by atoms with van der Waals surface area (Å²) in [6.45, 7) is 3.15. The zero-order valence-electron chi connectivity index (χ0n) is 72.3. The summed E-state index contributed by atoms with van der Waals surface area (Å²) in [6, 6.07) is 15.4. The molecule has 668 valence electrons. The monoisotopic (exact) mass is 1880 g/mol. The van der Waals surface area contributed by atoms with Crippen LogP contribution >= 0.6 is 34.2 Å². The molecule has 0 unspecified atom stereocenters. The summed E-state index contributed by atoms with van der Waals surface area (Å²) in [4.78, 5) is 72.4. The summed E-state index contributed by atoms with van der Waals surface area (Å²) in [5, 5.41) is 9.91. The average Bonchev–Trinajstić information content (AvgIpc) is 1.70. The Balaban J connectivity index is 0.000000119. The Morgan fingerprint density at radius 3 is 0.984 bits per heavy atom. The van der Waals surface area contributed by atoms with Gasteiger partial charge in [-0.05, 0) is 123 Å². The molecule has 0 N–H and O–H groups in total. The van der Waals surface area contributed by atoms with Crippen molar-refractivity contribution >= 4 is 64.4 Å². The molecule has 0 saturated heterocycles. The average molecular weight is 1880 g/mol. The van der Waals surface area contributed by atoms with Gasteiger partial charge in [-0.25, -0.2) is 19.2 Å². The highest BCUT2D eigenvalue weighted by atomic mass is 127. The molecule has 0 bridgehead atoms. The fraction of sp³-hybridized carbons (Fsp3) is 0.407. The summed E-state index contributed by atoms with van der Waals surface area (Å²) in [5.41, 5.74) is 13.3. The zero-order valence-corrected chi connectivity index (χ0v) is 75.3. The van der Waals surface area contributed by atoms with Gasteiger partial charge in [0.15, 0.2) is 98.3 Å². The first kappa shape index (κ1) is 86.8. The number of ether oxygens (including phenoxy) is 24. The Kier molecular flexibility index (Phi) is 24.0. The number of benzene rings is 8. The van der Waals surface area contributed by atoms with Crippen LogP contribution in [0.4, 0.5) is 0 Å². The van der Waals surface area contributed by atoms with Crippen molar-refractivity contribution in [3.8, 4) is 121 Å². The highest BCUT2D eigenvalue weighted by molar-refractivity contribution is 14.1. The van der Waals surface area contributed by atoms with E-state index in [1.807, 2.05) is 52.5 Å². The highest BCUT2D eigenvalue weighted by Crippen LogP contribution is 2.63. The van der Waals surface area contributed by atoms with Crippen LogP contribution in [-0.2, 0) is 50.5 Å². The SMILES string of the molecule is COc1ccc2c(c1OC)C(=O)O[C@@H]2[C@H]1c2c(c(C#N)c3c(c2OC)OCO3)CCN1C.COc1ccc2c(c1OC)C(=O)O[C@@H]2[C@H]1c2c(c(C=O)c3c(c2OC)OCO3)CCN1C.COc1ccc2c(c1OC)C(=O)O[C@@H]2[C@H]1c2c(c(CCl)c3c(c2OC)OCO3)CCN1C.COc1ccc2c(c1OC)C(=O)O[C@@H]2[C@H]1c2c(c(I)c3c(c2OC)OCO3)CCN1C. The third-order valence-electron chi connectivity index (χ3n) is 25.3. The van der Waals surface area contributed by atoms with E-state index >= 15 is 0 Å². The predicted molar refractivity (Wildman–Crippen MR) is 456 cm³/mol. The molecule has 0 spiro atoms. The summed E-state index contributed by atoms with van der Waals surface area (Å²) in [6.07, 6.45) is 1.23. The third kappa shape index (κ3) is 13.7. The molecule has 12 aliphatic rings. The van der Waals surface area contributed by atoms with Crippen molar-refractivity contribution < 1.29 is 138 Å². The zero-order chi connectivity index (χ0) is 89.6. The van der Waals surface area contributed by atoms with Crippen LogP contribution in [0.25, 0.3) is 0 Å². The first-order valence-electron chi connectivity index (χ1n) is 40.5. The number of esters is 4. The molecule has 0 saturated carbocycles. The summed E-state index contributed by atoms with van der Waals surface area (Å²) in [5.74, 6) is 8.02. The van der Waals surface area contributed by atoms with E-state index in [1.165, 1.54) is 49.8 Å². The third-order valence-corrected chi connectivity index (χ3v) is 26.7. The van der Waals surface area contributed by atoms with Gasteiger partial charge >= 0.3 is 23.9 Å². The number of rotatable bonds is 18. The Hall–Kier alpha value is -12.3. The summed E-state index contributed by atoms with van der Waals surface area (Å²) in [7, 11) is 26.4. The van der Waals surface area contributed by atoms with Gasteiger partial charge in [0.2, 0.25) is 50.2 Å². The van der Waals surface area contributed by atoms with Gasteiger partial charge < -0.3 is 114 Å². The number of nitrogens with zero attached hydrogens (tertiary/aromatic N) is 5. The normalized spacial score (nSPS) is 21.0. The molecule has 127 heavy (non-hydrogen) atoms. The van der Waals surface area contributed by atoms with Crippen molar-refractivity contribution in [3.05, 3.63) is 158 Å². The minimum Gasteiger partial charge on any atom is -0.493 e. The molecule has 8 atom stereocenters. The van der Waals surface area contributed by atoms with Gasteiger partial charge in [0.1, 0.15) is 58.3 Å². The maximum absolute atomic E-state index is 13.0. The second kappa shape index (κ2) is 35.1. The Bertz CT molecular complexity index is 5900. The Morgan fingerprint density at radius 2 is 0.646 bits per heavy atom. The van der Waals surface area contributed by atoms with Crippen LogP contribution in [0.5, 0.6) is 115 Å². The topological polar surface area (TPSA) is 344 Å². The van der Waals surface area contributed by atoms with Gasteiger partial charge in [-0.1, -0.05) is 24.3 Å². The van der Waals surface area contributed by atoms with Gasteiger partial charge in [-0.15, -0.1) is 11.6 Å². The van der Waals surface area contributed by atoms with Crippen molar-refractivity contribution in [3.63, 3.8) is 0 Å². The molecule has 36 heteroatoms. The van der Waals surface area contributed by atoms with E-state index in [-0.39, 0.29) is 45.1 Å². The van der Waals surface area contributed by atoms with E-state index in [0.29, 0.717) is 180 Å². The standard InChI is InChI=1S/C23H24ClNO7.C23H22N2O7.C23H23NO8.C22H22INO7/c2*1-25-8-7-11-13(9-24)19-22(31-10-30-19)21(29-4)15(11)17(25)18-12-5-6-14(27-2)20(28-3)16(12)23(26)32-18;1-24-8-7-11-13(9-25)19-22(31-10-30-19)21(29-4)15(11)17(24)18-12-5-6-14(27-2)20(28-3)16(12)23(26)32-18;1-24-8-7-10-13(19(28-4)21-20(15(10)23)29-9-30-21)16(24)17-11-5-6-12(26-2)18(27-3)14(11)22(25)31-17/h5-6,17-18H,7-10H2,1-4H3;5-6,17-18H,7-8,10H2,1-4H3;5-6,9,17-18H,7-8,10H2,1-4H3;5-6,16-17H,7-9H2,1-4H3/t3*17-,18+;16-,17+/m1111/s1. The number of aldehydes is 1. The van der Waals surface area contributed by atoms with E-state index in [1.54, 1.807) is 59.8 Å². The van der Waals surface area contributed by atoms with Gasteiger partial charge in [-0.2, -0.15) is 5.26 Å². The predicted octanol–water partition coefficient (Wildman–Crippen LogP) is 12.6. The maximum Gasteiger partial charge on any atom is 0.343 e. The van der Waals surface area contributed by atoms with Crippen molar-refractivity contribution in [2.75, 3.05) is 167 Å². The Labute approximate surface area is 748 Å². The summed E-state index contributed by atoms with van der Waals surface area (Å²) >= 11 is 8.66. The number of alkyl halides is 1. The fourth-order valence-electron chi connectivity index (χ4n) is 19.8. The quantitative estimate of drug-likeness (QED) is 0.0253. The van der Waals surface area contributed by atoms with Gasteiger partial charge in [0.25, 0.3) is 0 Å². The van der Waals surface area contributed by atoms with Crippen molar-refractivity contribution in [1.82, 2.24) is 19.6 Å². The van der Waals surface area contributed by atoms with Crippen molar-refractivity contribution in [2.24, 2.45) is 0 Å². The number of fused-ring (bicyclic) bond motifs is 12. The molecular formula is C91H91ClIN5O29. The molecule has 12 aliphatic heterocycles. The number of halogens is 2. The number of methoxy groups -OCH3 is 12. The molecule has 8 aromatic carbocycles. The molecule has 0 aromatic heterocycles. The maximum atomic E-state index is 13.0.